The SMILES string of the molecule is COc1ccc(NS(=O)(=O)c2ccc(C(=O)Nc3nc4ccc(OC)cc4s3)cc2)cc1. The van der Waals surface area contributed by atoms with Gasteiger partial charge in [0, 0.05) is 11.3 Å². The third-order valence-electron chi connectivity index (χ3n) is 4.59. The number of carbonyl (C=O) groups is 1. The number of amides is 1. The van der Waals surface area contributed by atoms with Crippen molar-refractivity contribution in [3.8, 4) is 11.5 Å². The van der Waals surface area contributed by atoms with Crippen molar-refractivity contribution in [1.29, 1.82) is 0 Å². The van der Waals surface area contributed by atoms with Crippen LogP contribution < -0.4 is 19.5 Å². The highest BCUT2D eigenvalue weighted by Gasteiger charge is 2.16. The van der Waals surface area contributed by atoms with Gasteiger partial charge in [0.05, 0.1) is 29.3 Å². The summed E-state index contributed by atoms with van der Waals surface area (Å²) in [5.41, 5.74) is 1.46. The second-order valence-electron chi connectivity index (χ2n) is 6.67. The number of hydrogen-bond acceptors (Lipinski definition) is 7. The van der Waals surface area contributed by atoms with E-state index < -0.39 is 10.0 Å². The van der Waals surface area contributed by atoms with E-state index in [0.29, 0.717) is 27.9 Å². The van der Waals surface area contributed by atoms with Crippen LogP contribution in [0.3, 0.4) is 0 Å². The van der Waals surface area contributed by atoms with Crippen LogP contribution in [-0.4, -0.2) is 33.5 Å². The van der Waals surface area contributed by atoms with E-state index in [1.807, 2.05) is 12.1 Å². The van der Waals surface area contributed by atoms with Gasteiger partial charge in [-0.3, -0.25) is 14.8 Å². The van der Waals surface area contributed by atoms with E-state index in [9.17, 15) is 13.2 Å². The molecule has 1 heterocycles. The van der Waals surface area contributed by atoms with Crippen molar-refractivity contribution in [2.24, 2.45) is 0 Å². The lowest BCUT2D eigenvalue weighted by molar-refractivity contribution is 0.102. The number of rotatable bonds is 7. The van der Waals surface area contributed by atoms with Crippen LogP contribution in [0.4, 0.5) is 10.8 Å². The summed E-state index contributed by atoms with van der Waals surface area (Å²) in [6.45, 7) is 0. The van der Waals surface area contributed by atoms with Crippen LogP contribution in [0.2, 0.25) is 0 Å². The Kier molecular flexibility index (Phi) is 5.97. The van der Waals surface area contributed by atoms with Crippen molar-refractivity contribution in [1.82, 2.24) is 4.98 Å². The van der Waals surface area contributed by atoms with Crippen LogP contribution in [0.15, 0.2) is 71.6 Å². The minimum absolute atomic E-state index is 0.0388. The van der Waals surface area contributed by atoms with Crippen molar-refractivity contribution < 1.29 is 22.7 Å². The number of hydrogen-bond donors (Lipinski definition) is 2. The maximum Gasteiger partial charge on any atom is 0.261 e. The van der Waals surface area contributed by atoms with Crippen LogP contribution in [0, 0.1) is 0 Å². The van der Waals surface area contributed by atoms with Gasteiger partial charge in [0.15, 0.2) is 5.13 Å². The number of anilines is 2. The standard InChI is InChI=1S/C22H19N3O5S2/c1-29-16-7-5-15(6-8-16)25-32(27,28)18-10-3-14(4-11-18)21(26)24-22-23-19-12-9-17(30-2)13-20(19)31-22/h3-13,25H,1-2H3,(H,23,24,26). The fourth-order valence-electron chi connectivity index (χ4n) is 2.91. The van der Waals surface area contributed by atoms with E-state index in [0.717, 1.165) is 10.2 Å². The number of methoxy groups -OCH3 is 2. The van der Waals surface area contributed by atoms with Gasteiger partial charge < -0.3 is 9.47 Å². The molecule has 0 spiro atoms. The molecule has 3 aromatic carbocycles. The number of thiazole rings is 1. The number of nitrogens with zero attached hydrogens (tertiary/aromatic N) is 1. The molecule has 0 fully saturated rings. The lowest BCUT2D eigenvalue weighted by atomic mass is 10.2. The minimum atomic E-state index is -3.80. The lowest BCUT2D eigenvalue weighted by Crippen LogP contribution is -2.14. The second kappa shape index (κ2) is 8.85. The van der Waals surface area contributed by atoms with E-state index in [1.54, 1.807) is 37.4 Å². The van der Waals surface area contributed by atoms with Gasteiger partial charge in [-0.1, -0.05) is 11.3 Å². The normalized spacial score (nSPS) is 11.2. The smallest absolute Gasteiger partial charge is 0.261 e. The van der Waals surface area contributed by atoms with E-state index >= 15 is 0 Å². The Bertz CT molecular complexity index is 1370. The van der Waals surface area contributed by atoms with Crippen molar-refractivity contribution in [2.45, 2.75) is 4.90 Å². The Balaban J connectivity index is 1.46. The monoisotopic (exact) mass is 469 g/mol. The molecule has 0 saturated carbocycles. The molecule has 0 aliphatic heterocycles. The zero-order valence-corrected chi connectivity index (χ0v) is 18.8. The molecule has 2 N–H and O–H groups in total. The molecular formula is C22H19N3O5S2. The van der Waals surface area contributed by atoms with Crippen LogP contribution in [0.1, 0.15) is 10.4 Å². The molecule has 4 rings (SSSR count). The molecule has 4 aromatic rings. The Labute approximate surface area is 188 Å². The summed E-state index contributed by atoms with van der Waals surface area (Å²) >= 11 is 1.32. The van der Waals surface area contributed by atoms with Crippen molar-refractivity contribution >= 4 is 48.3 Å². The maximum atomic E-state index is 12.6. The van der Waals surface area contributed by atoms with E-state index in [4.69, 9.17) is 9.47 Å². The first-order valence-electron chi connectivity index (χ1n) is 9.41. The van der Waals surface area contributed by atoms with Gasteiger partial charge >= 0.3 is 0 Å². The number of carbonyl (C=O) groups excluding carboxylic acids is 1. The van der Waals surface area contributed by atoms with E-state index in [-0.39, 0.29) is 10.8 Å². The van der Waals surface area contributed by atoms with Crippen molar-refractivity contribution in [3.63, 3.8) is 0 Å². The second-order valence-corrected chi connectivity index (χ2v) is 9.38. The molecule has 0 radical (unpaired) electrons. The molecule has 0 atom stereocenters. The summed E-state index contributed by atoms with van der Waals surface area (Å²) in [7, 11) is -0.686. The molecule has 0 aliphatic carbocycles. The fourth-order valence-corrected chi connectivity index (χ4v) is 4.86. The Hall–Kier alpha value is -3.63. The van der Waals surface area contributed by atoms with Crippen molar-refractivity contribution in [3.05, 3.63) is 72.3 Å². The van der Waals surface area contributed by atoms with Crippen molar-refractivity contribution in [2.75, 3.05) is 24.3 Å². The molecule has 0 bridgehead atoms. The van der Waals surface area contributed by atoms with Gasteiger partial charge in [-0.15, -0.1) is 0 Å². The Morgan fingerprint density at radius 2 is 1.56 bits per heavy atom. The first-order valence-corrected chi connectivity index (χ1v) is 11.7. The third-order valence-corrected chi connectivity index (χ3v) is 6.92. The average molecular weight is 470 g/mol. The summed E-state index contributed by atoms with van der Waals surface area (Å²) in [5.74, 6) is 0.942. The summed E-state index contributed by atoms with van der Waals surface area (Å²) in [6.07, 6.45) is 0. The summed E-state index contributed by atoms with van der Waals surface area (Å²) < 4.78 is 38.9. The highest BCUT2D eigenvalue weighted by Crippen LogP contribution is 2.29. The number of ether oxygens (including phenoxy) is 2. The van der Waals surface area contributed by atoms with Crippen LogP contribution in [0.5, 0.6) is 11.5 Å². The van der Waals surface area contributed by atoms with Gasteiger partial charge in [0.2, 0.25) is 0 Å². The topological polar surface area (TPSA) is 107 Å². The molecule has 8 nitrogen and oxygen atoms in total. The zero-order chi connectivity index (χ0) is 22.7. The quantitative estimate of drug-likeness (QED) is 0.416. The number of fused-ring (bicyclic) bond motifs is 1. The van der Waals surface area contributed by atoms with Gasteiger partial charge in [-0.25, -0.2) is 13.4 Å². The molecule has 1 amide bonds. The molecule has 164 valence electrons. The molecule has 10 heteroatoms. The lowest BCUT2D eigenvalue weighted by Gasteiger charge is -2.09. The molecular weight excluding hydrogens is 450 g/mol. The first kappa shape index (κ1) is 21.6. The van der Waals surface area contributed by atoms with Gasteiger partial charge in [0.1, 0.15) is 11.5 Å². The third kappa shape index (κ3) is 4.66. The van der Waals surface area contributed by atoms with Gasteiger partial charge in [0.25, 0.3) is 15.9 Å². The van der Waals surface area contributed by atoms with Crippen LogP contribution in [0.25, 0.3) is 10.2 Å². The molecule has 0 saturated heterocycles. The number of aromatic nitrogens is 1. The van der Waals surface area contributed by atoms with Gasteiger partial charge in [-0.05, 0) is 66.7 Å². The highest BCUT2D eigenvalue weighted by atomic mass is 32.2. The predicted octanol–water partition coefficient (Wildman–Crippen LogP) is 4.37. The number of nitrogens with one attached hydrogen (secondary N) is 2. The summed E-state index contributed by atoms with van der Waals surface area (Å²) in [5, 5.41) is 3.19. The number of benzene rings is 3. The van der Waals surface area contributed by atoms with Gasteiger partial charge in [-0.2, -0.15) is 0 Å². The van der Waals surface area contributed by atoms with E-state index in [1.165, 1.54) is 42.7 Å². The highest BCUT2D eigenvalue weighted by molar-refractivity contribution is 7.92. The largest absolute Gasteiger partial charge is 0.497 e. The molecule has 0 unspecified atom stereocenters. The molecule has 1 aromatic heterocycles. The van der Waals surface area contributed by atoms with E-state index in [2.05, 4.69) is 15.0 Å². The van der Waals surface area contributed by atoms with Crippen LogP contribution >= 0.6 is 11.3 Å². The fraction of sp³-hybridized carbons (Fsp3) is 0.0909. The Morgan fingerprint density at radius 1 is 0.906 bits per heavy atom. The zero-order valence-electron chi connectivity index (χ0n) is 17.2. The predicted molar refractivity (Wildman–Crippen MR) is 124 cm³/mol. The summed E-state index contributed by atoms with van der Waals surface area (Å²) in [6, 6.07) is 17.6. The summed E-state index contributed by atoms with van der Waals surface area (Å²) in [4.78, 5) is 17.0. The molecule has 0 aliphatic rings. The first-order chi connectivity index (χ1) is 15.4. The van der Waals surface area contributed by atoms with Crippen LogP contribution in [-0.2, 0) is 10.0 Å². The average Bonchev–Trinajstić information content (AvgIpc) is 3.20. The Morgan fingerprint density at radius 3 is 2.22 bits per heavy atom. The maximum absolute atomic E-state index is 12.6. The minimum Gasteiger partial charge on any atom is -0.497 e. The number of sulfonamides is 1. The molecule has 32 heavy (non-hydrogen) atoms.